The third kappa shape index (κ3) is 3.56. The molecule has 0 radical (unpaired) electrons. The smallest absolute Gasteiger partial charge is 0.122 e. The van der Waals surface area contributed by atoms with E-state index in [9.17, 15) is 0 Å². The fraction of sp³-hybridized carbons (Fsp3) is 0.333. The number of hydrogen-bond acceptors (Lipinski definition) is 3. The Morgan fingerprint density at radius 3 is 3.00 bits per heavy atom. The maximum Gasteiger partial charge on any atom is 0.122 e. The number of nitrogens with one attached hydrogen (secondary N) is 1. The fourth-order valence-corrected chi connectivity index (χ4v) is 2.62. The predicted octanol–water partition coefficient (Wildman–Crippen LogP) is 3.14. The van der Waals surface area contributed by atoms with Gasteiger partial charge in [-0.3, -0.25) is 0 Å². The minimum Gasteiger partial charge on any atom is -0.493 e. The Hall–Kier alpha value is -2.00. The van der Waals surface area contributed by atoms with Gasteiger partial charge in [-0.1, -0.05) is 30.3 Å². The molecule has 2 aromatic rings. The van der Waals surface area contributed by atoms with Gasteiger partial charge in [0, 0.05) is 24.6 Å². The average molecular weight is 283 g/mol. The zero-order valence-electron chi connectivity index (χ0n) is 12.3. The lowest BCUT2D eigenvalue weighted by Gasteiger charge is -2.11. The normalized spacial score (nSPS) is 16.3. The first-order chi connectivity index (χ1) is 10.3. The molecule has 1 heterocycles. The SMILES string of the molecule is Cc1cccc(OCCNCC2COc3ccccc32)c1. The summed E-state index contributed by atoms with van der Waals surface area (Å²) in [5.41, 5.74) is 2.53. The van der Waals surface area contributed by atoms with Gasteiger partial charge in [-0.25, -0.2) is 0 Å². The van der Waals surface area contributed by atoms with Crippen LogP contribution in [-0.2, 0) is 0 Å². The molecule has 0 aliphatic carbocycles. The van der Waals surface area contributed by atoms with Gasteiger partial charge in [-0.2, -0.15) is 0 Å². The summed E-state index contributed by atoms with van der Waals surface area (Å²) in [6.45, 7) is 5.28. The van der Waals surface area contributed by atoms with Gasteiger partial charge in [0.15, 0.2) is 0 Å². The summed E-state index contributed by atoms with van der Waals surface area (Å²) in [4.78, 5) is 0. The van der Waals surface area contributed by atoms with Gasteiger partial charge in [0.05, 0.1) is 6.61 Å². The van der Waals surface area contributed by atoms with E-state index < -0.39 is 0 Å². The van der Waals surface area contributed by atoms with Gasteiger partial charge in [-0.05, 0) is 30.7 Å². The van der Waals surface area contributed by atoms with Crippen LogP contribution in [0.4, 0.5) is 0 Å². The highest BCUT2D eigenvalue weighted by Gasteiger charge is 2.22. The van der Waals surface area contributed by atoms with Crippen LogP contribution in [0.1, 0.15) is 17.0 Å². The topological polar surface area (TPSA) is 30.5 Å². The van der Waals surface area contributed by atoms with Gasteiger partial charge in [0.2, 0.25) is 0 Å². The van der Waals surface area contributed by atoms with E-state index in [-0.39, 0.29) is 0 Å². The molecule has 0 saturated heterocycles. The van der Waals surface area contributed by atoms with Crippen molar-refractivity contribution in [1.29, 1.82) is 0 Å². The Kier molecular flexibility index (Phi) is 4.41. The van der Waals surface area contributed by atoms with Crippen LogP contribution in [-0.4, -0.2) is 26.3 Å². The molecular formula is C18H21NO2. The maximum atomic E-state index is 5.73. The number of para-hydroxylation sites is 1. The van der Waals surface area contributed by atoms with Crippen LogP contribution in [0.2, 0.25) is 0 Å². The van der Waals surface area contributed by atoms with Crippen molar-refractivity contribution in [3.8, 4) is 11.5 Å². The van der Waals surface area contributed by atoms with E-state index in [1.807, 2.05) is 24.3 Å². The van der Waals surface area contributed by atoms with Crippen LogP contribution >= 0.6 is 0 Å². The van der Waals surface area contributed by atoms with E-state index in [1.54, 1.807) is 0 Å². The third-order valence-corrected chi connectivity index (χ3v) is 3.73. The third-order valence-electron chi connectivity index (χ3n) is 3.73. The Morgan fingerprint density at radius 1 is 1.19 bits per heavy atom. The molecule has 1 atom stereocenters. The van der Waals surface area contributed by atoms with Gasteiger partial charge < -0.3 is 14.8 Å². The molecule has 1 aliphatic heterocycles. The lowest BCUT2D eigenvalue weighted by Crippen LogP contribution is -2.26. The Bertz CT molecular complexity index is 597. The number of ether oxygens (including phenoxy) is 2. The van der Waals surface area contributed by atoms with Crippen LogP contribution in [0.3, 0.4) is 0 Å². The van der Waals surface area contributed by atoms with Crippen molar-refractivity contribution in [3.63, 3.8) is 0 Å². The van der Waals surface area contributed by atoms with E-state index in [0.717, 1.165) is 31.2 Å². The van der Waals surface area contributed by atoms with E-state index in [1.165, 1.54) is 11.1 Å². The van der Waals surface area contributed by atoms with Crippen LogP contribution < -0.4 is 14.8 Å². The second kappa shape index (κ2) is 6.64. The highest BCUT2D eigenvalue weighted by atomic mass is 16.5. The summed E-state index contributed by atoms with van der Waals surface area (Å²) in [6.07, 6.45) is 0. The van der Waals surface area contributed by atoms with Gasteiger partial charge >= 0.3 is 0 Å². The molecule has 0 spiro atoms. The van der Waals surface area contributed by atoms with Crippen LogP contribution in [0.15, 0.2) is 48.5 Å². The first-order valence-corrected chi connectivity index (χ1v) is 7.45. The molecular weight excluding hydrogens is 262 g/mol. The lowest BCUT2D eigenvalue weighted by molar-refractivity contribution is 0.301. The molecule has 1 unspecified atom stereocenters. The molecule has 21 heavy (non-hydrogen) atoms. The molecule has 110 valence electrons. The number of benzene rings is 2. The molecule has 3 heteroatoms. The number of aryl methyl sites for hydroxylation is 1. The van der Waals surface area contributed by atoms with Crippen molar-refractivity contribution in [1.82, 2.24) is 5.32 Å². The molecule has 0 saturated carbocycles. The first kappa shape index (κ1) is 14.0. The summed E-state index contributed by atoms with van der Waals surface area (Å²) >= 11 is 0. The maximum absolute atomic E-state index is 5.73. The summed E-state index contributed by atoms with van der Waals surface area (Å²) in [6, 6.07) is 16.4. The average Bonchev–Trinajstić information content (AvgIpc) is 2.90. The van der Waals surface area contributed by atoms with Gasteiger partial charge in [-0.15, -0.1) is 0 Å². The van der Waals surface area contributed by atoms with E-state index >= 15 is 0 Å². The van der Waals surface area contributed by atoms with Gasteiger partial charge in [0.25, 0.3) is 0 Å². The van der Waals surface area contributed by atoms with Crippen molar-refractivity contribution >= 4 is 0 Å². The molecule has 0 aromatic heterocycles. The summed E-state index contributed by atoms with van der Waals surface area (Å²) in [5, 5.41) is 3.45. The standard InChI is InChI=1S/C18H21NO2/c1-14-5-4-6-16(11-14)20-10-9-19-12-15-13-21-18-8-3-2-7-17(15)18/h2-8,11,15,19H,9-10,12-13H2,1H3. The summed E-state index contributed by atoms with van der Waals surface area (Å²) in [7, 11) is 0. The quantitative estimate of drug-likeness (QED) is 0.826. The minimum absolute atomic E-state index is 0.445. The summed E-state index contributed by atoms with van der Waals surface area (Å²) in [5.74, 6) is 2.41. The molecule has 0 amide bonds. The predicted molar refractivity (Wildman–Crippen MR) is 84.2 cm³/mol. The summed E-state index contributed by atoms with van der Waals surface area (Å²) < 4.78 is 11.4. The monoisotopic (exact) mass is 283 g/mol. The molecule has 2 aromatic carbocycles. The molecule has 3 rings (SSSR count). The fourth-order valence-electron chi connectivity index (χ4n) is 2.62. The van der Waals surface area contributed by atoms with Gasteiger partial charge in [0.1, 0.15) is 18.1 Å². The molecule has 1 N–H and O–H groups in total. The van der Waals surface area contributed by atoms with Crippen molar-refractivity contribution < 1.29 is 9.47 Å². The van der Waals surface area contributed by atoms with Crippen molar-refractivity contribution in [3.05, 3.63) is 59.7 Å². The van der Waals surface area contributed by atoms with Crippen molar-refractivity contribution in [2.24, 2.45) is 0 Å². The zero-order chi connectivity index (χ0) is 14.5. The van der Waals surface area contributed by atoms with E-state index in [4.69, 9.17) is 9.47 Å². The molecule has 3 nitrogen and oxygen atoms in total. The number of hydrogen-bond donors (Lipinski definition) is 1. The number of fused-ring (bicyclic) bond motifs is 1. The zero-order valence-corrected chi connectivity index (χ0v) is 12.3. The molecule has 0 bridgehead atoms. The van der Waals surface area contributed by atoms with E-state index in [0.29, 0.717) is 12.5 Å². The largest absolute Gasteiger partial charge is 0.493 e. The first-order valence-electron chi connectivity index (χ1n) is 7.45. The van der Waals surface area contributed by atoms with Crippen molar-refractivity contribution in [2.75, 3.05) is 26.3 Å². The molecule has 0 fully saturated rings. The van der Waals surface area contributed by atoms with E-state index in [2.05, 4.69) is 36.5 Å². The Labute approximate surface area is 125 Å². The van der Waals surface area contributed by atoms with Crippen LogP contribution in [0.25, 0.3) is 0 Å². The lowest BCUT2D eigenvalue weighted by atomic mass is 10.0. The molecule has 1 aliphatic rings. The van der Waals surface area contributed by atoms with Crippen molar-refractivity contribution in [2.45, 2.75) is 12.8 Å². The number of rotatable bonds is 6. The highest BCUT2D eigenvalue weighted by molar-refractivity contribution is 5.39. The highest BCUT2D eigenvalue weighted by Crippen LogP contribution is 2.32. The minimum atomic E-state index is 0.445. The Balaban J connectivity index is 1.40. The second-order valence-corrected chi connectivity index (χ2v) is 5.41. The van der Waals surface area contributed by atoms with Crippen LogP contribution in [0.5, 0.6) is 11.5 Å². The Morgan fingerprint density at radius 2 is 2.10 bits per heavy atom. The second-order valence-electron chi connectivity index (χ2n) is 5.41. The van der Waals surface area contributed by atoms with Crippen LogP contribution in [0, 0.1) is 6.92 Å².